The monoisotopic (exact) mass is 312 g/mol. The largest absolute Gasteiger partial charge is 0.465 e. The van der Waals surface area contributed by atoms with Crippen molar-refractivity contribution in [3.05, 3.63) is 28.8 Å². The highest BCUT2D eigenvalue weighted by molar-refractivity contribution is 6.31. The number of halogens is 1. The van der Waals surface area contributed by atoms with Crippen LogP contribution in [0.2, 0.25) is 5.02 Å². The highest BCUT2D eigenvalue weighted by atomic mass is 35.5. The second kappa shape index (κ2) is 6.01. The van der Waals surface area contributed by atoms with Crippen LogP contribution in [0, 0.1) is 5.41 Å². The van der Waals surface area contributed by atoms with Gasteiger partial charge in [-0.25, -0.2) is 4.79 Å². The molecule has 1 fully saturated rings. The Morgan fingerprint density at radius 2 is 2.24 bits per heavy atom. The number of ether oxygens (including phenoxy) is 2. The van der Waals surface area contributed by atoms with Crippen LogP contribution in [0.3, 0.4) is 0 Å². The van der Waals surface area contributed by atoms with Gasteiger partial charge in [0.2, 0.25) is 5.91 Å². The molecule has 1 aliphatic rings. The normalized spacial score (nSPS) is 24.7. The van der Waals surface area contributed by atoms with E-state index in [-0.39, 0.29) is 18.1 Å². The molecular formula is C14H17ClN2O4. The van der Waals surface area contributed by atoms with Crippen molar-refractivity contribution in [1.82, 2.24) is 0 Å². The van der Waals surface area contributed by atoms with E-state index in [0.29, 0.717) is 17.3 Å². The van der Waals surface area contributed by atoms with Crippen molar-refractivity contribution in [2.45, 2.75) is 13.0 Å². The van der Waals surface area contributed by atoms with Crippen LogP contribution >= 0.6 is 11.6 Å². The van der Waals surface area contributed by atoms with Crippen molar-refractivity contribution in [2.75, 3.05) is 25.6 Å². The summed E-state index contributed by atoms with van der Waals surface area (Å²) in [6, 6.07) is 4.18. The lowest BCUT2D eigenvalue weighted by Crippen LogP contribution is -2.47. The smallest absolute Gasteiger partial charge is 0.340 e. The van der Waals surface area contributed by atoms with E-state index in [1.807, 2.05) is 0 Å². The van der Waals surface area contributed by atoms with Crippen LogP contribution in [-0.2, 0) is 14.3 Å². The summed E-state index contributed by atoms with van der Waals surface area (Å²) >= 11 is 5.87. The van der Waals surface area contributed by atoms with E-state index in [1.54, 1.807) is 19.1 Å². The number of hydrogen-bond acceptors (Lipinski definition) is 5. The van der Waals surface area contributed by atoms with Gasteiger partial charge in [-0.05, 0) is 25.1 Å². The quantitative estimate of drug-likeness (QED) is 0.824. The summed E-state index contributed by atoms with van der Waals surface area (Å²) in [5, 5.41) is 3.08. The standard InChI is InChI=1S/C14H17ClN2O4/c1-14(7-21-6-11(14)16)13(19)17-10-4-3-8(15)5-9(10)12(18)20-2/h3-5,11H,6-7,16H2,1-2H3,(H,17,19). The van der Waals surface area contributed by atoms with Gasteiger partial charge in [0.05, 0.1) is 37.0 Å². The molecule has 0 aromatic heterocycles. The molecule has 6 nitrogen and oxygen atoms in total. The minimum atomic E-state index is -0.840. The van der Waals surface area contributed by atoms with E-state index >= 15 is 0 Å². The molecule has 0 bridgehead atoms. The Labute approximate surface area is 127 Å². The van der Waals surface area contributed by atoms with Crippen LogP contribution in [0.15, 0.2) is 18.2 Å². The first-order valence-corrected chi connectivity index (χ1v) is 6.79. The summed E-state index contributed by atoms with van der Waals surface area (Å²) < 4.78 is 9.94. The number of methoxy groups -OCH3 is 1. The molecule has 1 heterocycles. The predicted molar refractivity (Wildman–Crippen MR) is 78.3 cm³/mol. The number of nitrogens with two attached hydrogens (primary N) is 1. The topological polar surface area (TPSA) is 90.6 Å². The summed E-state index contributed by atoms with van der Waals surface area (Å²) in [4.78, 5) is 24.2. The molecule has 1 aromatic rings. The lowest BCUT2D eigenvalue weighted by Gasteiger charge is -2.25. The van der Waals surface area contributed by atoms with Crippen molar-refractivity contribution in [2.24, 2.45) is 11.1 Å². The predicted octanol–water partition coefficient (Wildman–Crippen LogP) is 1.43. The Balaban J connectivity index is 2.27. The van der Waals surface area contributed by atoms with E-state index < -0.39 is 17.4 Å². The Kier molecular flexibility index (Phi) is 4.51. The molecule has 1 aliphatic heterocycles. The number of nitrogens with one attached hydrogen (secondary N) is 1. The summed E-state index contributed by atoms with van der Waals surface area (Å²) in [7, 11) is 1.26. The minimum absolute atomic E-state index is 0.189. The van der Waals surface area contributed by atoms with Gasteiger partial charge in [-0.2, -0.15) is 0 Å². The maximum atomic E-state index is 12.4. The van der Waals surface area contributed by atoms with E-state index in [9.17, 15) is 9.59 Å². The molecule has 1 amide bonds. The summed E-state index contributed by atoms with van der Waals surface area (Å²) in [5.74, 6) is -0.884. The van der Waals surface area contributed by atoms with E-state index in [0.717, 1.165) is 0 Å². The van der Waals surface area contributed by atoms with Gasteiger partial charge in [-0.3, -0.25) is 4.79 Å². The number of amides is 1. The first-order valence-electron chi connectivity index (χ1n) is 6.41. The van der Waals surface area contributed by atoms with E-state index in [2.05, 4.69) is 10.1 Å². The number of rotatable bonds is 3. The van der Waals surface area contributed by atoms with Crippen molar-refractivity contribution in [3.8, 4) is 0 Å². The third kappa shape index (κ3) is 3.02. The zero-order valence-corrected chi connectivity index (χ0v) is 12.6. The van der Waals surface area contributed by atoms with Gasteiger partial charge in [0.25, 0.3) is 0 Å². The molecule has 2 rings (SSSR count). The highest BCUT2D eigenvalue weighted by Crippen LogP contribution is 2.30. The van der Waals surface area contributed by atoms with Gasteiger partial charge >= 0.3 is 5.97 Å². The molecule has 0 radical (unpaired) electrons. The van der Waals surface area contributed by atoms with Gasteiger partial charge in [0.1, 0.15) is 0 Å². The molecule has 2 atom stereocenters. The molecule has 1 aromatic carbocycles. The molecular weight excluding hydrogens is 296 g/mol. The average molecular weight is 313 g/mol. The molecule has 3 N–H and O–H groups in total. The molecule has 114 valence electrons. The zero-order chi connectivity index (χ0) is 15.6. The Hall–Kier alpha value is -1.63. The second-order valence-corrected chi connectivity index (χ2v) is 5.61. The number of anilines is 1. The van der Waals surface area contributed by atoms with Crippen molar-refractivity contribution >= 4 is 29.2 Å². The molecule has 2 unspecified atom stereocenters. The lowest BCUT2D eigenvalue weighted by molar-refractivity contribution is -0.125. The number of carbonyl (C=O) groups is 2. The molecule has 21 heavy (non-hydrogen) atoms. The van der Waals surface area contributed by atoms with Crippen molar-refractivity contribution < 1.29 is 19.1 Å². The fourth-order valence-electron chi connectivity index (χ4n) is 2.09. The number of esters is 1. The van der Waals surface area contributed by atoms with Gasteiger partial charge in [0.15, 0.2) is 0 Å². The minimum Gasteiger partial charge on any atom is -0.465 e. The summed E-state index contributed by atoms with van der Waals surface area (Å²) in [5.41, 5.74) is 5.60. The summed E-state index contributed by atoms with van der Waals surface area (Å²) in [6.45, 7) is 2.29. The third-order valence-electron chi connectivity index (χ3n) is 3.67. The second-order valence-electron chi connectivity index (χ2n) is 5.17. The fourth-order valence-corrected chi connectivity index (χ4v) is 2.26. The first kappa shape index (κ1) is 15.8. The maximum Gasteiger partial charge on any atom is 0.340 e. The van der Waals surface area contributed by atoms with Crippen molar-refractivity contribution in [3.63, 3.8) is 0 Å². The average Bonchev–Trinajstić information content (AvgIpc) is 2.81. The van der Waals surface area contributed by atoms with Gasteiger partial charge in [-0.1, -0.05) is 11.6 Å². The Morgan fingerprint density at radius 1 is 1.52 bits per heavy atom. The molecule has 0 saturated carbocycles. The van der Waals surface area contributed by atoms with Gasteiger partial charge < -0.3 is 20.5 Å². The molecule has 0 spiro atoms. The van der Waals surface area contributed by atoms with Crippen LogP contribution in [0.1, 0.15) is 17.3 Å². The lowest BCUT2D eigenvalue weighted by atomic mass is 9.84. The summed E-state index contributed by atoms with van der Waals surface area (Å²) in [6.07, 6.45) is 0. The van der Waals surface area contributed by atoms with Gasteiger partial charge in [-0.15, -0.1) is 0 Å². The molecule has 1 saturated heterocycles. The van der Waals surface area contributed by atoms with Crippen LogP contribution < -0.4 is 11.1 Å². The van der Waals surface area contributed by atoms with Crippen LogP contribution in [0.5, 0.6) is 0 Å². The van der Waals surface area contributed by atoms with Gasteiger partial charge in [0, 0.05) is 11.1 Å². The van der Waals surface area contributed by atoms with Crippen molar-refractivity contribution in [1.29, 1.82) is 0 Å². The van der Waals surface area contributed by atoms with E-state index in [1.165, 1.54) is 13.2 Å². The van der Waals surface area contributed by atoms with Crippen LogP contribution in [0.4, 0.5) is 5.69 Å². The molecule has 7 heteroatoms. The van der Waals surface area contributed by atoms with Crippen LogP contribution in [-0.4, -0.2) is 38.2 Å². The third-order valence-corrected chi connectivity index (χ3v) is 3.91. The Bertz CT molecular complexity index is 578. The first-order chi connectivity index (χ1) is 9.88. The van der Waals surface area contributed by atoms with E-state index in [4.69, 9.17) is 22.1 Å². The number of carbonyl (C=O) groups excluding carboxylic acids is 2. The SMILES string of the molecule is COC(=O)c1cc(Cl)ccc1NC(=O)C1(C)COCC1N. The number of benzene rings is 1. The fraction of sp³-hybridized carbons (Fsp3) is 0.429. The maximum absolute atomic E-state index is 12.4. The zero-order valence-electron chi connectivity index (χ0n) is 11.8. The number of hydrogen-bond donors (Lipinski definition) is 2. The molecule has 0 aliphatic carbocycles. The Morgan fingerprint density at radius 3 is 2.81 bits per heavy atom. The van der Waals surface area contributed by atoms with Crippen LogP contribution in [0.25, 0.3) is 0 Å². The highest BCUT2D eigenvalue weighted by Gasteiger charge is 2.44.